The van der Waals surface area contributed by atoms with Crippen molar-refractivity contribution < 1.29 is 197 Å². The van der Waals surface area contributed by atoms with Crippen LogP contribution in [0.1, 0.15) is 6.92 Å². The number of hydrogen-bond acceptors (Lipinski definition) is 3. The molecule has 0 bridgehead atoms. The van der Waals surface area contributed by atoms with E-state index >= 15 is 0 Å². The minimum Gasteiger partial charge on any atom is 0 e. The molecule has 0 aliphatic carbocycles. The Kier molecular flexibility index (Phi) is 88.9. The SMILES string of the molecule is C[C-]=C(C(=O)[N]=[W])C(O)=N[N]=[W].[W].[W].[W].[W].[W].[W].[W]. The molecular weight excluding hydrogens is 1790 g/mol. The molecule has 1 N–H and O–H groups in total. The second kappa shape index (κ2) is 34.1. The summed E-state index contributed by atoms with van der Waals surface area (Å²) < 4.78 is 6.83. The molecule has 106 valence electrons. The van der Waals surface area contributed by atoms with Crippen molar-refractivity contribution in [1.82, 2.24) is 0 Å². The Labute approximate surface area is 234 Å². The molecule has 0 radical (unpaired) electrons. The van der Waals surface area contributed by atoms with Crippen molar-refractivity contribution in [2.24, 2.45) is 12.2 Å². The first-order valence-electron chi connectivity index (χ1n) is 2.69. The Bertz CT molecular complexity index is 283. The summed E-state index contributed by atoms with van der Waals surface area (Å²) in [7, 11) is 0. The summed E-state index contributed by atoms with van der Waals surface area (Å²) in [6.45, 7) is 1.50. The molecule has 0 atom stereocenters. The maximum atomic E-state index is 10.9. The Hall–Kier alpha value is 4.67. The van der Waals surface area contributed by atoms with Gasteiger partial charge in [-0.3, -0.25) is 0 Å². The second-order valence-corrected chi connectivity index (χ2v) is 2.77. The monoisotopic (exact) mass is 1790 g/mol. The molecule has 0 heterocycles. The van der Waals surface area contributed by atoms with E-state index in [1.165, 1.54) is 6.92 Å². The van der Waals surface area contributed by atoms with E-state index in [-0.39, 0.29) is 153 Å². The molecule has 14 heteroatoms. The van der Waals surface area contributed by atoms with E-state index in [9.17, 15) is 4.79 Å². The van der Waals surface area contributed by atoms with Gasteiger partial charge in [0.2, 0.25) is 0 Å². The van der Waals surface area contributed by atoms with Crippen LogP contribution in [0, 0.1) is 6.08 Å². The van der Waals surface area contributed by atoms with E-state index in [0.717, 1.165) is 39.3 Å². The first-order chi connectivity index (χ1) is 5.67. The number of rotatable bonds is 3. The summed E-state index contributed by atoms with van der Waals surface area (Å²) in [5.41, 5.74) is -0.0324. The smallest absolute Gasteiger partial charge is 0 e. The van der Waals surface area contributed by atoms with Crippen molar-refractivity contribution >= 4 is 11.8 Å². The van der Waals surface area contributed by atoms with Crippen molar-refractivity contribution in [3.05, 3.63) is 11.6 Å². The van der Waals surface area contributed by atoms with E-state index in [1.54, 1.807) is 0 Å². The average molecular weight is 1790 g/mol. The largest absolute Gasteiger partial charge is 0 e. The van der Waals surface area contributed by atoms with E-state index in [1.807, 2.05) is 0 Å². The first kappa shape index (κ1) is 49.5. The van der Waals surface area contributed by atoms with Gasteiger partial charge in [0.25, 0.3) is 0 Å². The Balaban J connectivity index is -0.0000000288. The van der Waals surface area contributed by atoms with Gasteiger partial charge in [-0.25, -0.2) is 0 Å². The van der Waals surface area contributed by atoms with Crippen LogP contribution in [0.3, 0.4) is 0 Å². The zero-order valence-corrected chi connectivity index (χ0v) is 35.3. The van der Waals surface area contributed by atoms with Gasteiger partial charge in [0.05, 0.1) is 0 Å². The molecule has 0 spiro atoms. The van der Waals surface area contributed by atoms with Crippen LogP contribution in [0.2, 0.25) is 0 Å². The van der Waals surface area contributed by atoms with Crippen LogP contribution in [0.4, 0.5) is 0 Å². The van der Waals surface area contributed by atoms with Gasteiger partial charge in [0.15, 0.2) is 0 Å². The molecular formula is C5H4N3O2W9-. The molecule has 0 aliphatic heterocycles. The quantitative estimate of drug-likeness (QED) is 0.148. The summed E-state index contributed by atoms with van der Waals surface area (Å²) >= 11 is 1.62. The van der Waals surface area contributed by atoms with Gasteiger partial charge in [-0.15, -0.1) is 0 Å². The third kappa shape index (κ3) is 25.0. The molecule has 1 amide bonds. The van der Waals surface area contributed by atoms with Gasteiger partial charge >= 0.3 is 91.7 Å². The third-order valence-electron chi connectivity index (χ3n) is 0.906. The summed E-state index contributed by atoms with van der Waals surface area (Å²) in [4.78, 5) is 10.9. The van der Waals surface area contributed by atoms with E-state index in [4.69, 9.17) is 5.11 Å². The van der Waals surface area contributed by atoms with Crippen LogP contribution in [0.25, 0.3) is 0 Å². The number of aliphatic hydroxyl groups is 1. The fraction of sp³-hybridized carbons (Fsp3) is 0.200. The van der Waals surface area contributed by atoms with Gasteiger partial charge < -0.3 is 0 Å². The number of carbonyl (C=O) groups excluding carboxylic acids is 1. The topological polar surface area (TPSA) is 74.4 Å². The second-order valence-electron chi connectivity index (χ2n) is 1.53. The Morgan fingerprint density at radius 2 is 1.37 bits per heavy atom. The minimum atomic E-state index is -0.521. The molecule has 5 nitrogen and oxygen atoms in total. The molecule has 0 saturated heterocycles. The normalized spacial score (nSPS) is 7.84. The first-order valence-corrected chi connectivity index (χ1v) is 5.31. The van der Waals surface area contributed by atoms with Crippen LogP contribution < -0.4 is 0 Å². The molecule has 19 heavy (non-hydrogen) atoms. The van der Waals surface area contributed by atoms with Crippen molar-refractivity contribution in [2.45, 2.75) is 6.92 Å². The number of amides is 1. The van der Waals surface area contributed by atoms with Crippen LogP contribution in [-0.4, -0.2) is 16.9 Å². The number of aliphatic hydroxyl groups excluding tert-OH is 1. The molecule has 0 unspecified atom stereocenters. The number of allylic oxidation sites excluding steroid dienone is 1. The maximum Gasteiger partial charge on any atom is 0 e. The van der Waals surface area contributed by atoms with Crippen LogP contribution in [-0.2, 0) is 192 Å². The van der Waals surface area contributed by atoms with Crippen LogP contribution in [0.5, 0.6) is 0 Å². The average Bonchev–Trinajstić information content (AvgIpc) is 2.06. The molecule has 0 aromatic heterocycles. The van der Waals surface area contributed by atoms with E-state index in [0.29, 0.717) is 0 Å². The molecule has 0 aromatic rings. The Morgan fingerprint density at radius 1 is 1.00 bits per heavy atom. The predicted octanol–water partition coefficient (Wildman–Crippen LogP) is 0.577. The van der Waals surface area contributed by atoms with Crippen LogP contribution >= 0.6 is 0 Å². The van der Waals surface area contributed by atoms with E-state index in [2.05, 4.69) is 18.3 Å². The molecule has 0 saturated carbocycles. The van der Waals surface area contributed by atoms with Crippen LogP contribution in [0.15, 0.2) is 17.8 Å². The van der Waals surface area contributed by atoms with Gasteiger partial charge in [-0.05, 0) is 0 Å². The van der Waals surface area contributed by atoms with Gasteiger partial charge in [-0.2, -0.15) is 0 Å². The summed E-state index contributed by atoms with van der Waals surface area (Å²) in [5, 5.41) is 12.4. The molecule has 0 rings (SSSR count). The molecule has 0 fully saturated rings. The number of carbonyl (C=O) groups is 1. The van der Waals surface area contributed by atoms with Gasteiger partial charge in [-0.1, -0.05) is 0 Å². The predicted molar refractivity (Wildman–Crippen MR) is 32.4 cm³/mol. The zero-order valence-electron chi connectivity index (χ0n) is 8.87. The zero-order chi connectivity index (χ0) is 9.56. The fourth-order valence-electron chi connectivity index (χ4n) is 0.449. The van der Waals surface area contributed by atoms with Gasteiger partial charge in [0, 0.05) is 147 Å². The van der Waals surface area contributed by atoms with Crippen molar-refractivity contribution in [3.8, 4) is 0 Å². The fourth-order valence-corrected chi connectivity index (χ4v) is 1.05. The third-order valence-corrected chi connectivity index (χ3v) is 1.80. The van der Waals surface area contributed by atoms with Crippen molar-refractivity contribution in [3.63, 3.8) is 0 Å². The van der Waals surface area contributed by atoms with Gasteiger partial charge in [0.1, 0.15) is 0 Å². The maximum absolute atomic E-state index is 10.9. The minimum absolute atomic E-state index is 0. The van der Waals surface area contributed by atoms with Crippen molar-refractivity contribution in [2.75, 3.05) is 0 Å². The Morgan fingerprint density at radius 3 is 1.58 bits per heavy atom. The number of nitrogens with zero attached hydrogens (tertiary/aromatic N) is 3. The summed E-state index contributed by atoms with van der Waals surface area (Å²) in [6, 6.07) is 0. The standard InChI is InChI=1S/C5H4N3O2.9W/c1-2-3(4(6)9)5(10)8-7;;;;;;;;;/h1H3,(H,8,10);;;;;;;;;/q-1;;;;;;;;;. The van der Waals surface area contributed by atoms with E-state index < -0.39 is 11.8 Å². The number of hydrogen-bond donors (Lipinski definition) is 1. The van der Waals surface area contributed by atoms with Crippen molar-refractivity contribution in [1.29, 1.82) is 0 Å². The summed E-state index contributed by atoms with van der Waals surface area (Å²) in [5.74, 6) is -0.949. The molecule has 0 aromatic carbocycles. The molecule has 0 aliphatic rings. The summed E-state index contributed by atoms with van der Waals surface area (Å²) in [6.07, 6.45) is 2.49.